The molecule has 2 aromatic rings. The summed E-state index contributed by atoms with van der Waals surface area (Å²) in [6.45, 7) is 5.41. The second kappa shape index (κ2) is 7.01. The quantitative estimate of drug-likeness (QED) is 0.813. The van der Waals surface area contributed by atoms with Gasteiger partial charge in [-0.2, -0.15) is 0 Å². The molecule has 1 aromatic heterocycles. The molecule has 0 fully saturated rings. The van der Waals surface area contributed by atoms with E-state index in [0.717, 1.165) is 18.5 Å². The Morgan fingerprint density at radius 3 is 2.90 bits per heavy atom. The van der Waals surface area contributed by atoms with E-state index in [4.69, 9.17) is 4.74 Å². The molecule has 0 amide bonds. The molecule has 0 bridgehead atoms. The van der Waals surface area contributed by atoms with Crippen LogP contribution in [0.15, 0.2) is 36.7 Å². The molecule has 0 atom stereocenters. The van der Waals surface area contributed by atoms with E-state index in [1.54, 1.807) is 43.6 Å². The minimum absolute atomic E-state index is 0.243. The Morgan fingerprint density at radius 2 is 2.10 bits per heavy atom. The van der Waals surface area contributed by atoms with Crippen molar-refractivity contribution in [2.24, 2.45) is 0 Å². The number of pyridine rings is 1. The average Bonchev–Trinajstić information content (AvgIpc) is 2.46. The lowest BCUT2D eigenvalue weighted by atomic mass is 10.2. The summed E-state index contributed by atoms with van der Waals surface area (Å²) in [6, 6.07) is 6.89. The molecule has 4 heteroatoms. The smallest absolute Gasteiger partial charge is 0.168 e. The topological polar surface area (TPSA) is 34.2 Å². The van der Waals surface area contributed by atoms with Crippen molar-refractivity contribution in [1.29, 1.82) is 0 Å². The maximum Gasteiger partial charge on any atom is 0.168 e. The van der Waals surface area contributed by atoms with Crippen LogP contribution in [0, 0.1) is 12.7 Å². The summed E-state index contributed by atoms with van der Waals surface area (Å²) in [6.07, 6.45) is 4.45. The molecule has 0 aliphatic heterocycles. The van der Waals surface area contributed by atoms with Gasteiger partial charge in [0.1, 0.15) is 5.75 Å². The monoisotopic (exact) mass is 274 g/mol. The van der Waals surface area contributed by atoms with Gasteiger partial charge in [-0.3, -0.25) is 4.98 Å². The van der Waals surface area contributed by atoms with Gasteiger partial charge in [0.15, 0.2) is 11.6 Å². The molecule has 1 heterocycles. The van der Waals surface area contributed by atoms with Crippen LogP contribution in [-0.4, -0.2) is 11.5 Å². The number of rotatable bonds is 6. The van der Waals surface area contributed by atoms with E-state index in [2.05, 4.69) is 17.2 Å². The fraction of sp³-hybridized carbons (Fsp3) is 0.312. The van der Waals surface area contributed by atoms with Crippen LogP contribution >= 0.6 is 0 Å². The maximum absolute atomic E-state index is 14.0. The van der Waals surface area contributed by atoms with Crippen LogP contribution in [0.25, 0.3) is 0 Å². The Kier molecular flexibility index (Phi) is 5.07. The number of halogens is 1. The van der Waals surface area contributed by atoms with Gasteiger partial charge in [-0.1, -0.05) is 19.1 Å². The van der Waals surface area contributed by atoms with Crippen molar-refractivity contribution in [2.75, 3.05) is 6.54 Å². The van der Waals surface area contributed by atoms with E-state index in [1.807, 2.05) is 0 Å². The van der Waals surface area contributed by atoms with Gasteiger partial charge >= 0.3 is 0 Å². The van der Waals surface area contributed by atoms with Gasteiger partial charge in [-0.05, 0) is 37.6 Å². The lowest BCUT2D eigenvalue weighted by Crippen LogP contribution is -2.14. The zero-order chi connectivity index (χ0) is 14.4. The van der Waals surface area contributed by atoms with Crippen molar-refractivity contribution in [3.8, 4) is 11.5 Å². The number of aromatic nitrogens is 1. The van der Waals surface area contributed by atoms with Crippen LogP contribution in [0.3, 0.4) is 0 Å². The molecular formula is C16H19FN2O. The minimum Gasteiger partial charge on any atom is -0.454 e. The van der Waals surface area contributed by atoms with Crippen molar-refractivity contribution in [3.05, 3.63) is 53.6 Å². The molecule has 0 saturated heterocycles. The Morgan fingerprint density at radius 1 is 1.25 bits per heavy atom. The first-order valence-corrected chi connectivity index (χ1v) is 6.79. The number of benzene rings is 1. The van der Waals surface area contributed by atoms with Crippen LogP contribution in [0.5, 0.6) is 11.5 Å². The lowest BCUT2D eigenvalue weighted by Gasteiger charge is -2.12. The number of ether oxygens (including phenoxy) is 1. The van der Waals surface area contributed by atoms with Crippen molar-refractivity contribution >= 4 is 0 Å². The van der Waals surface area contributed by atoms with E-state index in [-0.39, 0.29) is 11.6 Å². The number of hydrogen-bond donors (Lipinski definition) is 1. The van der Waals surface area contributed by atoms with Crippen LogP contribution in [-0.2, 0) is 6.54 Å². The van der Waals surface area contributed by atoms with E-state index in [1.165, 1.54) is 0 Å². The highest BCUT2D eigenvalue weighted by Crippen LogP contribution is 2.28. The standard InChI is InChI=1S/C16H19FN2O/c1-3-8-18-10-13-11-19-9-7-14(13)20-15-6-4-5-12(2)16(15)17/h4-7,9,11,18H,3,8,10H2,1-2H3. The van der Waals surface area contributed by atoms with Gasteiger partial charge < -0.3 is 10.1 Å². The second-order valence-corrected chi connectivity index (χ2v) is 4.65. The molecule has 20 heavy (non-hydrogen) atoms. The average molecular weight is 274 g/mol. The SMILES string of the molecule is CCCNCc1cnccc1Oc1cccc(C)c1F. The van der Waals surface area contributed by atoms with Crippen LogP contribution < -0.4 is 10.1 Å². The largest absolute Gasteiger partial charge is 0.454 e. The fourth-order valence-corrected chi connectivity index (χ4v) is 1.86. The molecule has 0 aliphatic carbocycles. The predicted molar refractivity (Wildman–Crippen MR) is 77.4 cm³/mol. The Balaban J connectivity index is 2.18. The molecule has 2 rings (SSSR count). The Bertz CT molecular complexity index is 572. The first-order valence-electron chi connectivity index (χ1n) is 6.79. The Hall–Kier alpha value is -1.94. The molecule has 0 unspecified atom stereocenters. The van der Waals surface area contributed by atoms with Crippen molar-refractivity contribution in [1.82, 2.24) is 10.3 Å². The van der Waals surface area contributed by atoms with Gasteiger partial charge in [-0.25, -0.2) is 4.39 Å². The third-order valence-electron chi connectivity index (χ3n) is 2.98. The maximum atomic E-state index is 14.0. The van der Waals surface area contributed by atoms with Gasteiger partial charge in [0.2, 0.25) is 0 Å². The molecule has 0 saturated carbocycles. The van der Waals surface area contributed by atoms with Gasteiger partial charge in [0, 0.05) is 24.5 Å². The highest BCUT2D eigenvalue weighted by molar-refractivity contribution is 5.38. The van der Waals surface area contributed by atoms with Gasteiger partial charge in [0.25, 0.3) is 0 Å². The van der Waals surface area contributed by atoms with Crippen LogP contribution in [0.2, 0.25) is 0 Å². The molecule has 0 radical (unpaired) electrons. The van der Waals surface area contributed by atoms with Crippen LogP contribution in [0.1, 0.15) is 24.5 Å². The van der Waals surface area contributed by atoms with Gasteiger partial charge in [-0.15, -0.1) is 0 Å². The first kappa shape index (κ1) is 14.5. The molecule has 106 valence electrons. The molecule has 1 N–H and O–H groups in total. The van der Waals surface area contributed by atoms with E-state index >= 15 is 0 Å². The zero-order valence-electron chi connectivity index (χ0n) is 11.8. The molecule has 0 aliphatic rings. The summed E-state index contributed by atoms with van der Waals surface area (Å²) < 4.78 is 19.7. The Labute approximate surface area is 118 Å². The van der Waals surface area contributed by atoms with Crippen molar-refractivity contribution in [3.63, 3.8) is 0 Å². The first-order chi connectivity index (χ1) is 9.72. The van der Waals surface area contributed by atoms with Crippen LogP contribution in [0.4, 0.5) is 4.39 Å². The number of nitrogens with zero attached hydrogens (tertiary/aromatic N) is 1. The summed E-state index contributed by atoms with van der Waals surface area (Å²) in [5.74, 6) is 0.554. The highest BCUT2D eigenvalue weighted by atomic mass is 19.1. The van der Waals surface area contributed by atoms with Gasteiger partial charge in [0.05, 0.1) is 0 Å². The summed E-state index contributed by atoms with van der Waals surface area (Å²) in [5, 5.41) is 3.29. The van der Waals surface area contributed by atoms with Crippen molar-refractivity contribution < 1.29 is 9.13 Å². The zero-order valence-corrected chi connectivity index (χ0v) is 11.8. The number of hydrogen-bond acceptors (Lipinski definition) is 3. The summed E-state index contributed by atoms with van der Waals surface area (Å²) >= 11 is 0. The normalized spacial score (nSPS) is 10.6. The lowest BCUT2D eigenvalue weighted by molar-refractivity contribution is 0.433. The number of nitrogens with one attached hydrogen (secondary N) is 1. The fourth-order valence-electron chi connectivity index (χ4n) is 1.86. The summed E-state index contributed by atoms with van der Waals surface area (Å²) in [5.41, 5.74) is 1.49. The summed E-state index contributed by atoms with van der Waals surface area (Å²) in [7, 11) is 0. The third-order valence-corrected chi connectivity index (χ3v) is 2.98. The molecule has 3 nitrogen and oxygen atoms in total. The second-order valence-electron chi connectivity index (χ2n) is 4.65. The minimum atomic E-state index is -0.322. The van der Waals surface area contributed by atoms with E-state index in [0.29, 0.717) is 17.9 Å². The third kappa shape index (κ3) is 3.54. The summed E-state index contributed by atoms with van der Waals surface area (Å²) in [4.78, 5) is 4.09. The highest BCUT2D eigenvalue weighted by Gasteiger charge is 2.10. The van der Waals surface area contributed by atoms with E-state index in [9.17, 15) is 4.39 Å². The molecule has 1 aromatic carbocycles. The van der Waals surface area contributed by atoms with E-state index < -0.39 is 0 Å². The number of aryl methyl sites for hydroxylation is 1. The predicted octanol–water partition coefficient (Wildman–Crippen LogP) is 3.82. The molecular weight excluding hydrogens is 255 g/mol. The van der Waals surface area contributed by atoms with Crippen molar-refractivity contribution in [2.45, 2.75) is 26.8 Å². The molecule has 0 spiro atoms.